The maximum atomic E-state index is 13.1. The van der Waals surface area contributed by atoms with E-state index in [0.29, 0.717) is 17.0 Å². The number of carbonyl (C=O) groups excluding carboxylic acids is 2. The van der Waals surface area contributed by atoms with E-state index in [9.17, 15) is 9.59 Å². The number of pyridine rings is 1. The maximum absolute atomic E-state index is 13.1. The van der Waals surface area contributed by atoms with Crippen molar-refractivity contribution >= 4 is 50.8 Å². The van der Waals surface area contributed by atoms with E-state index >= 15 is 0 Å². The summed E-state index contributed by atoms with van der Waals surface area (Å²) in [5, 5.41) is 5.27. The second kappa shape index (κ2) is 9.01. The third-order valence-corrected chi connectivity index (χ3v) is 8.30. The van der Waals surface area contributed by atoms with Crippen molar-refractivity contribution in [3.05, 3.63) is 51.4 Å². The van der Waals surface area contributed by atoms with Gasteiger partial charge in [0.2, 0.25) is 5.91 Å². The average molecular weight is 454 g/mol. The van der Waals surface area contributed by atoms with Gasteiger partial charge in [-0.05, 0) is 68.7 Å². The van der Waals surface area contributed by atoms with Crippen molar-refractivity contribution in [1.29, 1.82) is 0 Å². The fraction of sp³-hybridized carbons (Fsp3) is 0.375. The number of fused-ring (bicyclic) bond motifs is 2. The summed E-state index contributed by atoms with van der Waals surface area (Å²) in [6.07, 6.45) is 4.61. The summed E-state index contributed by atoms with van der Waals surface area (Å²) in [6.45, 7) is 6.12. The number of aryl methyl sites for hydroxylation is 3. The molecule has 4 rings (SSSR count). The summed E-state index contributed by atoms with van der Waals surface area (Å²) in [7, 11) is 0. The molecule has 31 heavy (non-hydrogen) atoms. The molecule has 1 aliphatic carbocycles. The molecule has 2 aromatic heterocycles. The van der Waals surface area contributed by atoms with Crippen molar-refractivity contribution in [2.24, 2.45) is 5.73 Å². The Bertz CT molecular complexity index is 1170. The Morgan fingerprint density at radius 3 is 2.74 bits per heavy atom. The Hall–Kier alpha value is -2.38. The molecule has 1 atom stereocenters. The van der Waals surface area contributed by atoms with Gasteiger partial charge in [0, 0.05) is 10.3 Å². The zero-order valence-corrected chi connectivity index (χ0v) is 19.7. The minimum absolute atomic E-state index is 0.113. The molecule has 0 spiro atoms. The lowest BCUT2D eigenvalue weighted by molar-refractivity contribution is -0.115. The first-order chi connectivity index (χ1) is 14.9. The predicted molar refractivity (Wildman–Crippen MR) is 129 cm³/mol. The largest absolute Gasteiger partial charge is 0.365 e. The summed E-state index contributed by atoms with van der Waals surface area (Å²) in [5.74, 6) is -0.573. The molecular weight excluding hydrogens is 426 g/mol. The molecule has 2 amide bonds. The number of carbonyl (C=O) groups is 2. The zero-order chi connectivity index (χ0) is 22.1. The van der Waals surface area contributed by atoms with Crippen molar-refractivity contribution in [3.8, 4) is 0 Å². The van der Waals surface area contributed by atoms with Crippen LogP contribution in [-0.2, 0) is 17.6 Å². The summed E-state index contributed by atoms with van der Waals surface area (Å²) < 4.78 is 0. The van der Waals surface area contributed by atoms with Crippen LogP contribution in [0.15, 0.2) is 29.3 Å². The summed E-state index contributed by atoms with van der Waals surface area (Å²) in [5.41, 5.74) is 10.5. The van der Waals surface area contributed by atoms with Gasteiger partial charge in [-0.2, -0.15) is 0 Å². The second-order valence-electron chi connectivity index (χ2n) is 8.03. The number of primary amides is 1. The molecule has 1 aliphatic rings. The predicted octanol–water partition coefficient (Wildman–Crippen LogP) is 5.40. The highest BCUT2D eigenvalue weighted by Gasteiger charge is 2.27. The molecule has 1 unspecified atom stereocenters. The van der Waals surface area contributed by atoms with Gasteiger partial charge in [-0.1, -0.05) is 36.9 Å². The Labute approximate surface area is 190 Å². The fourth-order valence-electron chi connectivity index (χ4n) is 4.17. The van der Waals surface area contributed by atoms with Crippen LogP contribution in [-0.4, -0.2) is 22.0 Å². The van der Waals surface area contributed by atoms with Crippen molar-refractivity contribution in [2.75, 3.05) is 5.32 Å². The molecule has 0 aliphatic heterocycles. The molecule has 2 heterocycles. The van der Waals surface area contributed by atoms with Crippen LogP contribution < -0.4 is 11.1 Å². The van der Waals surface area contributed by atoms with Crippen molar-refractivity contribution < 1.29 is 9.59 Å². The van der Waals surface area contributed by atoms with E-state index in [0.717, 1.165) is 58.3 Å². The SMILES string of the molecule is CCC(Sc1cc(C)c2cccc(C)c2n1)C(=O)Nc1sc2c(c1C(N)=O)CCCC2. The van der Waals surface area contributed by atoms with Gasteiger partial charge >= 0.3 is 0 Å². The number of aromatic nitrogens is 1. The lowest BCUT2D eigenvalue weighted by Gasteiger charge is -2.15. The van der Waals surface area contributed by atoms with Gasteiger partial charge in [-0.25, -0.2) is 4.98 Å². The topological polar surface area (TPSA) is 85.1 Å². The standard InChI is InChI=1S/C24H27N3O2S2/c1-4-17(30-19-12-14(3)15-10-7-8-13(2)21(15)26-19)23(29)27-24-20(22(25)28)16-9-5-6-11-18(16)31-24/h7-8,10,12,17H,4-6,9,11H2,1-3H3,(H2,25,28)(H,27,29). The number of para-hydroxylation sites is 1. The van der Waals surface area contributed by atoms with Crippen LogP contribution in [0.3, 0.4) is 0 Å². The quantitative estimate of drug-likeness (QED) is 0.489. The molecule has 3 aromatic rings. The molecule has 3 N–H and O–H groups in total. The monoisotopic (exact) mass is 453 g/mol. The first kappa shape index (κ1) is 21.8. The first-order valence-corrected chi connectivity index (χ1v) is 12.4. The lowest BCUT2D eigenvalue weighted by atomic mass is 9.95. The summed E-state index contributed by atoms with van der Waals surface area (Å²) in [6, 6.07) is 8.21. The van der Waals surface area contributed by atoms with E-state index in [1.54, 1.807) is 0 Å². The molecule has 162 valence electrons. The van der Waals surface area contributed by atoms with Gasteiger partial charge in [-0.3, -0.25) is 9.59 Å². The minimum Gasteiger partial charge on any atom is -0.365 e. The number of nitrogens with two attached hydrogens (primary N) is 1. The first-order valence-electron chi connectivity index (χ1n) is 10.7. The number of hydrogen-bond donors (Lipinski definition) is 2. The lowest BCUT2D eigenvalue weighted by Crippen LogP contribution is -2.26. The Kier molecular flexibility index (Phi) is 6.34. The number of amides is 2. The van der Waals surface area contributed by atoms with Gasteiger partial charge in [0.15, 0.2) is 0 Å². The van der Waals surface area contributed by atoms with Gasteiger partial charge in [0.1, 0.15) is 5.00 Å². The van der Waals surface area contributed by atoms with Crippen LogP contribution in [0, 0.1) is 13.8 Å². The third-order valence-electron chi connectivity index (χ3n) is 5.81. The fourth-order valence-corrected chi connectivity index (χ4v) is 6.48. The van der Waals surface area contributed by atoms with Gasteiger partial charge < -0.3 is 11.1 Å². The average Bonchev–Trinajstić information content (AvgIpc) is 3.10. The minimum atomic E-state index is -0.460. The van der Waals surface area contributed by atoms with Crippen LogP contribution in [0.2, 0.25) is 0 Å². The number of anilines is 1. The van der Waals surface area contributed by atoms with E-state index in [-0.39, 0.29) is 11.2 Å². The van der Waals surface area contributed by atoms with E-state index in [1.807, 2.05) is 19.1 Å². The third kappa shape index (κ3) is 4.34. The van der Waals surface area contributed by atoms with Gasteiger partial charge in [0.05, 0.1) is 21.4 Å². The number of thiophene rings is 1. The van der Waals surface area contributed by atoms with Crippen LogP contribution in [0.4, 0.5) is 5.00 Å². The highest BCUT2D eigenvalue weighted by molar-refractivity contribution is 8.00. The maximum Gasteiger partial charge on any atom is 0.251 e. The zero-order valence-electron chi connectivity index (χ0n) is 18.1. The molecule has 0 radical (unpaired) electrons. The van der Waals surface area contributed by atoms with E-state index in [4.69, 9.17) is 10.7 Å². The molecule has 0 bridgehead atoms. The molecular formula is C24H27N3O2S2. The van der Waals surface area contributed by atoms with Crippen LogP contribution >= 0.6 is 23.1 Å². The van der Waals surface area contributed by atoms with Crippen molar-refractivity contribution in [3.63, 3.8) is 0 Å². The Morgan fingerprint density at radius 2 is 2.00 bits per heavy atom. The molecule has 5 nitrogen and oxygen atoms in total. The van der Waals surface area contributed by atoms with Crippen LogP contribution in [0.1, 0.15) is 58.1 Å². The number of benzene rings is 1. The Morgan fingerprint density at radius 1 is 1.23 bits per heavy atom. The van der Waals surface area contributed by atoms with Crippen molar-refractivity contribution in [2.45, 2.75) is 63.2 Å². The Balaban J connectivity index is 1.59. The smallest absolute Gasteiger partial charge is 0.251 e. The van der Waals surface area contributed by atoms with Crippen LogP contribution in [0.25, 0.3) is 10.9 Å². The molecule has 0 saturated carbocycles. The van der Waals surface area contributed by atoms with Crippen LogP contribution in [0.5, 0.6) is 0 Å². The molecule has 0 saturated heterocycles. The second-order valence-corrected chi connectivity index (χ2v) is 10.4. The van der Waals surface area contributed by atoms with E-state index in [1.165, 1.54) is 28.0 Å². The summed E-state index contributed by atoms with van der Waals surface area (Å²) in [4.78, 5) is 31.3. The number of nitrogens with zero attached hydrogens (tertiary/aromatic N) is 1. The molecule has 7 heteroatoms. The van der Waals surface area contributed by atoms with Gasteiger partial charge in [0.25, 0.3) is 5.91 Å². The highest BCUT2D eigenvalue weighted by atomic mass is 32.2. The van der Waals surface area contributed by atoms with Crippen molar-refractivity contribution in [1.82, 2.24) is 4.98 Å². The molecule has 0 fully saturated rings. The van der Waals surface area contributed by atoms with Gasteiger partial charge in [-0.15, -0.1) is 11.3 Å². The molecule has 1 aromatic carbocycles. The van der Waals surface area contributed by atoms with E-state index in [2.05, 4.69) is 31.3 Å². The number of rotatable bonds is 6. The normalized spacial score (nSPS) is 14.3. The number of nitrogens with one attached hydrogen (secondary N) is 1. The summed E-state index contributed by atoms with van der Waals surface area (Å²) >= 11 is 2.97. The highest BCUT2D eigenvalue weighted by Crippen LogP contribution is 2.38. The number of hydrogen-bond acceptors (Lipinski definition) is 5. The van der Waals surface area contributed by atoms with E-state index < -0.39 is 5.91 Å². The number of thioether (sulfide) groups is 1.